The number of benzene rings is 1. The molecule has 1 fully saturated rings. The van der Waals surface area contributed by atoms with Gasteiger partial charge in [-0.05, 0) is 25.1 Å². The van der Waals surface area contributed by atoms with Gasteiger partial charge in [-0.1, -0.05) is 34.5 Å². The minimum Gasteiger partial charge on any atom is -0.330 e. The van der Waals surface area contributed by atoms with Crippen molar-refractivity contribution in [2.45, 2.75) is 17.8 Å². The van der Waals surface area contributed by atoms with E-state index in [9.17, 15) is 27.6 Å². The molecule has 0 saturated carbocycles. The number of aryl methyl sites for hydroxylation is 1. The van der Waals surface area contributed by atoms with Gasteiger partial charge < -0.3 is 4.90 Å². The summed E-state index contributed by atoms with van der Waals surface area (Å²) in [4.78, 5) is 51.9. The minimum atomic E-state index is -4.33. The van der Waals surface area contributed by atoms with Crippen LogP contribution < -0.4 is 11.2 Å². The standard InChI is InChI=1S/C19H16Cl2N6O6S2/c1-10-7-26(18(31)22-16(10)30)8-14(28)25-4-5-27(15(29)9-25)35(32,33)19-24-23-17(34-19)12-6-11(20)2-3-13(12)21/h2-3,6-7H,4-5,8-9H2,1H3,(H,22,30,31). The second-order valence-electron chi connectivity index (χ2n) is 7.48. The predicted octanol–water partition coefficient (Wildman–Crippen LogP) is 0.730. The lowest BCUT2D eigenvalue weighted by Crippen LogP contribution is -2.54. The number of hydrogen-bond donors (Lipinski definition) is 1. The molecule has 4 rings (SSSR count). The summed E-state index contributed by atoms with van der Waals surface area (Å²) in [5.74, 6) is -1.43. The minimum absolute atomic E-state index is 0.0906. The van der Waals surface area contributed by atoms with Crippen molar-refractivity contribution >= 4 is 56.4 Å². The molecule has 0 bridgehead atoms. The average molecular weight is 559 g/mol. The number of hydrogen-bond acceptors (Lipinski definition) is 9. The SMILES string of the molecule is Cc1cn(CC(=O)N2CCN(S(=O)(=O)c3nnc(-c4cc(Cl)ccc4Cl)s3)C(=O)C2)c(=O)[nH]c1=O. The summed E-state index contributed by atoms with van der Waals surface area (Å²) in [7, 11) is -4.33. The normalized spacial score (nSPS) is 14.4. The Morgan fingerprint density at radius 3 is 2.63 bits per heavy atom. The zero-order valence-corrected chi connectivity index (χ0v) is 21.0. The molecule has 184 valence electrons. The Kier molecular flexibility index (Phi) is 6.81. The second kappa shape index (κ2) is 9.53. The van der Waals surface area contributed by atoms with Gasteiger partial charge in [0.25, 0.3) is 25.8 Å². The van der Waals surface area contributed by atoms with E-state index in [0.29, 0.717) is 19.9 Å². The van der Waals surface area contributed by atoms with Crippen molar-refractivity contribution in [2.24, 2.45) is 0 Å². The van der Waals surface area contributed by atoms with Crippen LogP contribution in [-0.4, -0.2) is 68.8 Å². The van der Waals surface area contributed by atoms with E-state index < -0.39 is 50.5 Å². The summed E-state index contributed by atoms with van der Waals surface area (Å²) in [5.41, 5.74) is -0.703. The number of nitrogens with zero attached hydrogens (tertiary/aromatic N) is 5. The van der Waals surface area contributed by atoms with Crippen LogP contribution in [0, 0.1) is 6.92 Å². The molecule has 0 atom stereocenters. The Bertz CT molecular complexity index is 1560. The van der Waals surface area contributed by atoms with Gasteiger partial charge in [0.15, 0.2) is 0 Å². The van der Waals surface area contributed by atoms with Crippen LogP contribution in [0.3, 0.4) is 0 Å². The molecule has 0 aliphatic carbocycles. The van der Waals surface area contributed by atoms with Gasteiger partial charge in [-0.3, -0.25) is 23.9 Å². The summed E-state index contributed by atoms with van der Waals surface area (Å²) in [6, 6.07) is 4.63. The number of aromatic amines is 1. The lowest BCUT2D eigenvalue weighted by molar-refractivity contribution is -0.142. The fourth-order valence-corrected chi connectivity index (χ4v) is 6.24. The molecule has 0 spiro atoms. The molecule has 3 aromatic rings. The van der Waals surface area contributed by atoms with Gasteiger partial charge in [0.1, 0.15) is 18.1 Å². The largest absolute Gasteiger partial charge is 0.330 e. The summed E-state index contributed by atoms with van der Waals surface area (Å²) in [6.07, 6.45) is 1.24. The van der Waals surface area contributed by atoms with Crippen molar-refractivity contribution in [1.29, 1.82) is 0 Å². The highest BCUT2D eigenvalue weighted by atomic mass is 35.5. The van der Waals surface area contributed by atoms with Crippen LogP contribution in [-0.2, 0) is 26.2 Å². The number of sulfonamides is 1. The van der Waals surface area contributed by atoms with Gasteiger partial charge in [-0.25, -0.2) is 9.10 Å². The maximum atomic E-state index is 13.0. The number of halogens is 2. The van der Waals surface area contributed by atoms with Gasteiger partial charge in [-0.2, -0.15) is 8.42 Å². The lowest BCUT2D eigenvalue weighted by atomic mass is 10.2. The Balaban J connectivity index is 1.49. The maximum Gasteiger partial charge on any atom is 0.328 e. The van der Waals surface area contributed by atoms with Crippen molar-refractivity contribution in [1.82, 2.24) is 29.0 Å². The fourth-order valence-electron chi connectivity index (χ4n) is 3.28. The Morgan fingerprint density at radius 1 is 1.17 bits per heavy atom. The smallest absolute Gasteiger partial charge is 0.328 e. The highest BCUT2D eigenvalue weighted by molar-refractivity contribution is 7.91. The van der Waals surface area contributed by atoms with Crippen LogP contribution >= 0.6 is 34.5 Å². The van der Waals surface area contributed by atoms with Crippen LogP contribution in [0.4, 0.5) is 0 Å². The second-order valence-corrected chi connectivity index (χ2v) is 11.3. The van der Waals surface area contributed by atoms with Gasteiger partial charge in [-0.15, -0.1) is 10.2 Å². The third-order valence-corrected chi connectivity index (χ3v) is 8.79. The van der Waals surface area contributed by atoms with Crippen LogP contribution in [0.2, 0.25) is 10.0 Å². The van der Waals surface area contributed by atoms with Crippen molar-refractivity contribution in [3.8, 4) is 10.6 Å². The third-order valence-electron chi connectivity index (χ3n) is 5.10. The molecule has 1 aliphatic rings. The van der Waals surface area contributed by atoms with Crippen LogP contribution in [0.25, 0.3) is 10.6 Å². The highest BCUT2D eigenvalue weighted by Crippen LogP contribution is 2.34. The molecule has 0 unspecified atom stereocenters. The van der Waals surface area contributed by atoms with E-state index in [1.807, 2.05) is 0 Å². The van der Waals surface area contributed by atoms with E-state index in [0.717, 1.165) is 20.8 Å². The molecule has 3 heterocycles. The van der Waals surface area contributed by atoms with E-state index in [2.05, 4.69) is 15.2 Å². The number of piperazine rings is 1. The first kappa shape index (κ1) is 25.0. The first-order chi connectivity index (χ1) is 16.5. The molecule has 12 nitrogen and oxygen atoms in total. The molecule has 2 aromatic heterocycles. The Labute approximate surface area is 211 Å². The molecule has 35 heavy (non-hydrogen) atoms. The molecular formula is C19H16Cl2N6O6S2. The third kappa shape index (κ3) is 5.00. The number of carbonyl (C=O) groups excluding carboxylic acids is 2. The van der Waals surface area contributed by atoms with Gasteiger partial charge in [0.05, 0.1) is 11.6 Å². The van der Waals surface area contributed by atoms with E-state index in [4.69, 9.17) is 23.2 Å². The zero-order chi connectivity index (χ0) is 25.5. The van der Waals surface area contributed by atoms with Crippen molar-refractivity contribution in [2.75, 3.05) is 19.6 Å². The number of nitrogens with one attached hydrogen (secondary N) is 1. The van der Waals surface area contributed by atoms with Crippen LogP contribution in [0.5, 0.6) is 0 Å². The first-order valence-electron chi connectivity index (χ1n) is 9.90. The summed E-state index contributed by atoms with van der Waals surface area (Å²) in [6.45, 7) is 0.148. The topological polar surface area (TPSA) is 155 Å². The van der Waals surface area contributed by atoms with Gasteiger partial charge >= 0.3 is 5.69 Å². The first-order valence-corrected chi connectivity index (χ1v) is 12.9. The molecule has 0 radical (unpaired) electrons. The quantitative estimate of drug-likeness (QED) is 0.480. The Morgan fingerprint density at radius 2 is 1.91 bits per heavy atom. The number of carbonyl (C=O) groups is 2. The van der Waals surface area contributed by atoms with Crippen LogP contribution in [0.15, 0.2) is 38.3 Å². The summed E-state index contributed by atoms with van der Waals surface area (Å²) in [5, 5.41) is 8.47. The monoisotopic (exact) mass is 558 g/mol. The van der Waals surface area contributed by atoms with Crippen molar-refractivity contribution in [3.05, 3.63) is 60.8 Å². The molecule has 16 heteroatoms. The Hall–Kier alpha value is -3.07. The summed E-state index contributed by atoms with van der Waals surface area (Å²) < 4.78 is 27.3. The number of rotatable bonds is 5. The fraction of sp³-hybridized carbons (Fsp3) is 0.263. The van der Waals surface area contributed by atoms with Crippen molar-refractivity contribution in [3.63, 3.8) is 0 Å². The van der Waals surface area contributed by atoms with E-state index in [1.165, 1.54) is 25.3 Å². The van der Waals surface area contributed by atoms with Gasteiger partial charge in [0, 0.05) is 28.9 Å². The highest BCUT2D eigenvalue weighted by Gasteiger charge is 2.37. The van der Waals surface area contributed by atoms with Crippen molar-refractivity contribution < 1.29 is 18.0 Å². The molecule has 1 saturated heterocycles. The molecule has 2 amide bonds. The molecular weight excluding hydrogens is 543 g/mol. The predicted molar refractivity (Wildman–Crippen MR) is 127 cm³/mol. The van der Waals surface area contributed by atoms with Gasteiger partial charge in [0.2, 0.25) is 5.91 Å². The zero-order valence-electron chi connectivity index (χ0n) is 17.9. The average Bonchev–Trinajstić information content (AvgIpc) is 3.30. The molecule has 1 N–H and O–H groups in total. The molecule has 1 aromatic carbocycles. The van der Waals surface area contributed by atoms with E-state index in [1.54, 1.807) is 6.07 Å². The summed E-state index contributed by atoms with van der Waals surface area (Å²) >= 11 is 12.9. The lowest BCUT2D eigenvalue weighted by Gasteiger charge is -2.33. The molecule has 1 aliphatic heterocycles. The maximum absolute atomic E-state index is 13.0. The van der Waals surface area contributed by atoms with Crippen LogP contribution in [0.1, 0.15) is 5.56 Å². The van der Waals surface area contributed by atoms with E-state index in [-0.39, 0.29) is 23.7 Å². The number of amides is 2. The number of H-pyrrole nitrogens is 1. The van der Waals surface area contributed by atoms with E-state index >= 15 is 0 Å². The number of aromatic nitrogens is 4.